The molecule has 12 nitrogen and oxygen atoms in total. The number of ketones is 2. The molecule has 0 heterocycles. The van der Waals surface area contributed by atoms with E-state index in [1.807, 2.05) is 0 Å². The molecule has 0 aliphatic heterocycles. The first-order valence-corrected chi connectivity index (χ1v) is 13.2. The van der Waals surface area contributed by atoms with Crippen molar-refractivity contribution in [3.8, 4) is 16.9 Å². The van der Waals surface area contributed by atoms with Gasteiger partial charge in [0.1, 0.15) is 22.8 Å². The van der Waals surface area contributed by atoms with E-state index in [1.54, 1.807) is 51.3 Å². The summed E-state index contributed by atoms with van der Waals surface area (Å²) in [5.74, 6) is -7.84. The highest BCUT2D eigenvalue weighted by Gasteiger charge is 2.64. The molecule has 3 aliphatic rings. The third-order valence-corrected chi connectivity index (χ3v) is 8.64. The number of carbonyl (C=O) groups excluding carboxylic acids is 4. The summed E-state index contributed by atoms with van der Waals surface area (Å²) in [4.78, 5) is 54.6. The Hall–Kier alpha value is -4.68. The van der Waals surface area contributed by atoms with Gasteiger partial charge >= 0.3 is 0 Å². The van der Waals surface area contributed by atoms with E-state index in [1.165, 1.54) is 17.0 Å². The quantitative estimate of drug-likeness (QED) is 0.276. The Bertz CT molecular complexity index is 1660. The maximum absolute atomic E-state index is 14.1. The molecule has 4 atom stereocenters. The first kappa shape index (κ1) is 28.8. The smallest absolute Gasteiger partial charge is 0.255 e. The Morgan fingerprint density at radius 3 is 2.24 bits per heavy atom. The molecule has 8 N–H and O–H groups in total. The topological polar surface area (TPSA) is 208 Å². The normalized spacial score (nSPS) is 25.2. The van der Waals surface area contributed by atoms with Gasteiger partial charge in [-0.15, -0.1) is 0 Å². The van der Waals surface area contributed by atoms with E-state index >= 15 is 0 Å². The highest BCUT2D eigenvalue weighted by Crippen LogP contribution is 2.54. The number of Topliss-reactive ketones (excluding diaryl/α,β-unsaturated/α-hetero) is 2. The number of aliphatic hydroxyl groups is 3. The average Bonchev–Trinajstić information content (AvgIpc) is 2.90. The third-order valence-electron chi connectivity index (χ3n) is 8.64. The Balaban J connectivity index is 1.77. The number of fused-ring (bicyclic) bond motifs is 3. The van der Waals surface area contributed by atoms with E-state index in [0.29, 0.717) is 16.8 Å². The van der Waals surface area contributed by atoms with Gasteiger partial charge in [0, 0.05) is 42.4 Å². The third kappa shape index (κ3) is 3.90. The minimum atomic E-state index is -2.72. The zero-order valence-electron chi connectivity index (χ0n) is 23.5. The number of hydrogen-bond donors (Lipinski definition) is 6. The Kier molecular flexibility index (Phi) is 6.66. The fourth-order valence-electron chi connectivity index (χ4n) is 6.75. The lowest BCUT2D eigenvalue weighted by atomic mass is 9.57. The predicted molar refractivity (Wildman–Crippen MR) is 153 cm³/mol. The summed E-state index contributed by atoms with van der Waals surface area (Å²) in [6.07, 6.45) is 0.138. The Morgan fingerprint density at radius 2 is 1.67 bits per heavy atom. The number of amides is 2. The lowest BCUT2D eigenvalue weighted by Crippen LogP contribution is -2.65. The number of anilines is 1. The Morgan fingerprint density at radius 1 is 1.00 bits per heavy atom. The van der Waals surface area contributed by atoms with Crippen molar-refractivity contribution < 1.29 is 39.6 Å². The van der Waals surface area contributed by atoms with Crippen LogP contribution in [0, 0.1) is 11.8 Å². The monoisotopic (exact) mass is 576 g/mol. The summed E-state index contributed by atoms with van der Waals surface area (Å²) in [5, 5.41) is 46.0. The van der Waals surface area contributed by atoms with Gasteiger partial charge in [-0.3, -0.25) is 24.1 Å². The first-order valence-electron chi connectivity index (χ1n) is 13.2. The zero-order chi connectivity index (χ0) is 31.0. The largest absolute Gasteiger partial charge is 0.508 e. The van der Waals surface area contributed by atoms with Gasteiger partial charge in [-0.25, -0.2) is 0 Å². The van der Waals surface area contributed by atoms with Crippen molar-refractivity contribution >= 4 is 34.8 Å². The standard InChI is InChI=1S/C30H32N4O8/c1-33(2)18-11-15(12-6-5-7-13(8-12)28(31)40)23(35)20-16(18)9-14-10-17-22(34(3)4)25(37)21(29(32)41)27(39)30(17,42)26(38)19(14)24(20)36/h5-8,11,14,17,22,35-36,39,42H,9-10H2,1-4H3,(H2,31,40)(H2,32,41)/t14-,17-,22-,30-/m0/s1. The fraction of sp³-hybridized carbons (Fsp3) is 0.333. The van der Waals surface area contributed by atoms with E-state index in [4.69, 9.17) is 11.5 Å². The van der Waals surface area contributed by atoms with Gasteiger partial charge in [-0.1, -0.05) is 12.1 Å². The number of nitrogens with zero attached hydrogens (tertiary/aromatic N) is 2. The number of phenols is 1. The van der Waals surface area contributed by atoms with Crippen LogP contribution in [0.15, 0.2) is 47.2 Å². The van der Waals surface area contributed by atoms with Gasteiger partial charge in [0.05, 0.1) is 11.6 Å². The van der Waals surface area contributed by atoms with Crippen LogP contribution in [0.2, 0.25) is 0 Å². The number of primary amides is 2. The fourth-order valence-corrected chi connectivity index (χ4v) is 6.75. The summed E-state index contributed by atoms with van der Waals surface area (Å²) in [6, 6.07) is 6.79. The summed E-state index contributed by atoms with van der Waals surface area (Å²) in [7, 11) is 6.63. The molecular formula is C30H32N4O8. The molecule has 2 aromatic carbocycles. The van der Waals surface area contributed by atoms with E-state index in [0.717, 1.165) is 0 Å². The van der Waals surface area contributed by atoms with Crippen molar-refractivity contribution in [2.75, 3.05) is 33.1 Å². The highest BCUT2D eigenvalue weighted by molar-refractivity contribution is 6.24. The maximum atomic E-state index is 14.1. The first-order chi connectivity index (χ1) is 19.6. The molecule has 0 aromatic heterocycles. The van der Waals surface area contributed by atoms with Crippen LogP contribution < -0.4 is 16.4 Å². The molecule has 2 amide bonds. The van der Waals surface area contributed by atoms with Gasteiger partial charge in [0.25, 0.3) is 5.91 Å². The molecule has 1 fully saturated rings. The molecule has 2 aromatic rings. The number of benzene rings is 2. The van der Waals surface area contributed by atoms with Crippen LogP contribution in [0.3, 0.4) is 0 Å². The molecular weight excluding hydrogens is 544 g/mol. The van der Waals surface area contributed by atoms with E-state index < -0.39 is 64.0 Å². The number of phenolic OH excluding ortho intramolecular Hbond substituents is 1. The highest BCUT2D eigenvalue weighted by atomic mass is 16.3. The summed E-state index contributed by atoms with van der Waals surface area (Å²) >= 11 is 0. The Labute approximate surface area is 241 Å². The number of nitrogens with two attached hydrogens (primary N) is 2. The second-order valence-corrected chi connectivity index (χ2v) is 11.4. The second kappa shape index (κ2) is 9.71. The molecule has 0 saturated heterocycles. The summed E-state index contributed by atoms with van der Waals surface area (Å²) in [6.45, 7) is 0. The lowest BCUT2D eigenvalue weighted by Gasteiger charge is -2.50. The van der Waals surface area contributed by atoms with Gasteiger partial charge in [0.2, 0.25) is 11.7 Å². The number of rotatable bonds is 5. The van der Waals surface area contributed by atoms with E-state index in [9.17, 15) is 39.6 Å². The molecule has 0 bridgehead atoms. The average molecular weight is 577 g/mol. The van der Waals surface area contributed by atoms with Crippen LogP contribution in [0.1, 0.15) is 27.9 Å². The lowest BCUT2D eigenvalue weighted by molar-refractivity contribution is -0.153. The zero-order valence-corrected chi connectivity index (χ0v) is 23.5. The van der Waals surface area contributed by atoms with Gasteiger partial charge in [-0.2, -0.15) is 0 Å². The molecule has 220 valence electrons. The van der Waals surface area contributed by atoms with Crippen molar-refractivity contribution in [1.29, 1.82) is 0 Å². The van der Waals surface area contributed by atoms with Gasteiger partial charge in [0.15, 0.2) is 11.4 Å². The number of likely N-dealkylation sites (N-methyl/N-ethyl adjacent to an activating group) is 1. The van der Waals surface area contributed by atoms with Crippen LogP contribution >= 0.6 is 0 Å². The number of aliphatic hydroxyl groups excluding tert-OH is 2. The van der Waals surface area contributed by atoms with Crippen molar-refractivity contribution in [2.24, 2.45) is 23.3 Å². The van der Waals surface area contributed by atoms with Crippen LogP contribution in [0.4, 0.5) is 5.69 Å². The summed E-state index contributed by atoms with van der Waals surface area (Å²) < 4.78 is 0. The molecule has 3 aliphatic carbocycles. The van der Waals surface area contributed by atoms with Gasteiger partial charge in [-0.05, 0) is 62.2 Å². The number of carbonyl (C=O) groups is 4. The van der Waals surface area contributed by atoms with Crippen molar-refractivity contribution in [3.63, 3.8) is 0 Å². The SMILES string of the molecule is CN(C)c1cc(-c2cccc(C(N)=O)c2)c(O)c2c1C[C@H]1C[C@H]3[C@H](N(C)C)C(=O)C(C(N)=O)=C(O)[C@@]3(O)C(=O)C1=C2O. The number of aromatic hydroxyl groups is 1. The van der Waals surface area contributed by atoms with Gasteiger partial charge < -0.3 is 36.8 Å². The minimum absolute atomic E-state index is 0.0121. The molecule has 12 heteroatoms. The molecule has 1 saturated carbocycles. The molecule has 0 spiro atoms. The summed E-state index contributed by atoms with van der Waals surface area (Å²) in [5.41, 5.74) is 8.96. The van der Waals surface area contributed by atoms with E-state index in [-0.39, 0.29) is 40.9 Å². The van der Waals surface area contributed by atoms with Crippen LogP contribution in [-0.2, 0) is 20.8 Å². The predicted octanol–water partition coefficient (Wildman–Crippen LogP) is 0.796. The molecule has 0 radical (unpaired) electrons. The van der Waals surface area contributed by atoms with Crippen molar-refractivity contribution in [3.05, 3.63) is 63.9 Å². The molecule has 42 heavy (non-hydrogen) atoms. The number of hydrogen-bond acceptors (Lipinski definition) is 10. The second-order valence-electron chi connectivity index (χ2n) is 11.4. The minimum Gasteiger partial charge on any atom is -0.508 e. The van der Waals surface area contributed by atoms with Crippen LogP contribution in [-0.4, -0.2) is 88.5 Å². The van der Waals surface area contributed by atoms with Crippen LogP contribution in [0.5, 0.6) is 5.75 Å². The maximum Gasteiger partial charge on any atom is 0.255 e. The molecule has 0 unspecified atom stereocenters. The van der Waals surface area contributed by atoms with Crippen molar-refractivity contribution in [1.82, 2.24) is 4.90 Å². The van der Waals surface area contributed by atoms with Crippen LogP contribution in [0.25, 0.3) is 16.9 Å². The van der Waals surface area contributed by atoms with Crippen molar-refractivity contribution in [2.45, 2.75) is 24.5 Å². The van der Waals surface area contributed by atoms with E-state index in [2.05, 4.69) is 0 Å². The molecule has 5 rings (SSSR count).